The van der Waals surface area contributed by atoms with Gasteiger partial charge in [0.05, 0.1) is 39.9 Å². The Bertz CT molecular complexity index is 2450. The number of fused-ring (bicyclic) bond motifs is 3. The summed E-state index contributed by atoms with van der Waals surface area (Å²) < 4.78 is 14.6. The van der Waals surface area contributed by atoms with Crippen molar-refractivity contribution in [3.63, 3.8) is 0 Å². The monoisotopic (exact) mass is 711 g/mol. The SMILES string of the molecule is Nc1cc(C2CNCC(c3nc(-c4ccccc4)sc3-c3cnn4c(N)cc(C5CCCNC5)nc34)C2)nc2c(-c3ccc4c(c3)OCO4)cnn12. The molecule has 2 aromatic carbocycles. The number of nitrogens with one attached hydrogen (secondary N) is 2. The average molecular weight is 712 g/mol. The van der Waals surface area contributed by atoms with Crippen molar-refractivity contribution in [2.24, 2.45) is 0 Å². The second-order valence-corrected chi connectivity index (χ2v) is 14.8. The van der Waals surface area contributed by atoms with E-state index >= 15 is 0 Å². The molecule has 3 atom stereocenters. The molecule has 5 aromatic heterocycles. The zero-order chi connectivity index (χ0) is 34.8. The zero-order valence-electron chi connectivity index (χ0n) is 28.3. The molecule has 3 aliphatic heterocycles. The maximum atomic E-state index is 6.63. The lowest BCUT2D eigenvalue weighted by atomic mass is 9.85. The number of benzene rings is 2. The van der Waals surface area contributed by atoms with Crippen LogP contribution in [0.2, 0.25) is 0 Å². The van der Waals surface area contributed by atoms with Gasteiger partial charge in [-0.2, -0.15) is 19.2 Å². The summed E-state index contributed by atoms with van der Waals surface area (Å²) in [6.45, 7) is 3.70. The van der Waals surface area contributed by atoms with E-state index in [0.29, 0.717) is 29.0 Å². The van der Waals surface area contributed by atoms with Crippen molar-refractivity contribution in [2.45, 2.75) is 37.0 Å². The summed E-state index contributed by atoms with van der Waals surface area (Å²) in [6.07, 6.45) is 6.74. The first-order valence-electron chi connectivity index (χ1n) is 17.7. The number of rotatable bonds is 6. The summed E-state index contributed by atoms with van der Waals surface area (Å²) in [7, 11) is 0. The van der Waals surface area contributed by atoms with Gasteiger partial charge in [0.2, 0.25) is 6.79 Å². The van der Waals surface area contributed by atoms with Gasteiger partial charge in [-0.15, -0.1) is 11.3 Å². The van der Waals surface area contributed by atoms with Crippen LogP contribution in [0.25, 0.3) is 43.4 Å². The minimum Gasteiger partial charge on any atom is -0.454 e. The smallest absolute Gasteiger partial charge is 0.231 e. The molecule has 6 N–H and O–H groups in total. The van der Waals surface area contributed by atoms with E-state index in [1.165, 1.54) is 0 Å². The van der Waals surface area contributed by atoms with Crippen molar-refractivity contribution in [3.05, 3.63) is 90.1 Å². The third-order valence-electron chi connectivity index (χ3n) is 10.5. The van der Waals surface area contributed by atoms with Gasteiger partial charge >= 0.3 is 0 Å². The molecule has 2 saturated heterocycles. The molecule has 52 heavy (non-hydrogen) atoms. The van der Waals surface area contributed by atoms with Gasteiger partial charge in [-0.3, -0.25) is 0 Å². The number of nitrogens with two attached hydrogens (primary N) is 2. The first-order chi connectivity index (χ1) is 25.6. The minimum absolute atomic E-state index is 0.0864. The van der Waals surface area contributed by atoms with Gasteiger partial charge in [0.15, 0.2) is 22.8 Å². The predicted octanol–water partition coefficient (Wildman–Crippen LogP) is 5.45. The highest BCUT2D eigenvalue weighted by Crippen LogP contribution is 2.44. The summed E-state index contributed by atoms with van der Waals surface area (Å²) in [6, 6.07) is 20.2. The summed E-state index contributed by atoms with van der Waals surface area (Å²) in [5.74, 6) is 3.06. The Morgan fingerprint density at radius 1 is 0.712 bits per heavy atom. The van der Waals surface area contributed by atoms with Crippen LogP contribution in [0.1, 0.15) is 54.1 Å². The standard InChI is InChI=1S/C38H37N11O2S/c39-32-13-28(23-7-4-10-41-15-23)45-37-27(19-44-49(32)37)35-34(47-38(52-35)21-5-2-1-3-6-21)25-11-24(16-42-17-25)29-14-33(40)48-36(46-29)26(18-43-48)22-8-9-30-31(12-22)51-20-50-30/h1-3,5-6,8-9,12-14,18-19,23-25,41-42H,4,7,10-11,15-17,20,39-40H2. The molecule has 3 aliphatic rings. The normalized spacial score (nSPS) is 20.2. The van der Waals surface area contributed by atoms with Gasteiger partial charge in [-0.05, 0) is 43.5 Å². The zero-order valence-corrected chi connectivity index (χ0v) is 29.1. The summed E-state index contributed by atoms with van der Waals surface area (Å²) >= 11 is 1.68. The van der Waals surface area contributed by atoms with E-state index in [9.17, 15) is 0 Å². The topological polar surface area (TPSA) is 168 Å². The number of thiazole rings is 1. The van der Waals surface area contributed by atoms with Crippen LogP contribution in [0.4, 0.5) is 11.6 Å². The van der Waals surface area contributed by atoms with Crippen LogP contribution in [0, 0.1) is 0 Å². The molecule has 0 saturated carbocycles. The number of nitrogens with zero attached hydrogens (tertiary/aromatic N) is 7. The number of hydrogen-bond donors (Lipinski definition) is 4. The van der Waals surface area contributed by atoms with Crippen molar-refractivity contribution < 1.29 is 9.47 Å². The number of anilines is 2. The lowest BCUT2D eigenvalue weighted by Gasteiger charge is -2.29. The van der Waals surface area contributed by atoms with E-state index in [4.69, 9.17) is 41.0 Å². The molecule has 0 bridgehead atoms. The molecule has 10 rings (SSSR count). The quantitative estimate of drug-likeness (QED) is 0.173. The van der Waals surface area contributed by atoms with Gasteiger partial charge in [-0.1, -0.05) is 36.4 Å². The second-order valence-electron chi connectivity index (χ2n) is 13.8. The number of aromatic nitrogens is 7. The molecule has 0 aliphatic carbocycles. The highest BCUT2D eigenvalue weighted by atomic mass is 32.1. The molecule has 8 heterocycles. The Hall–Kier alpha value is -5.57. The van der Waals surface area contributed by atoms with Crippen LogP contribution in [0.5, 0.6) is 11.5 Å². The van der Waals surface area contributed by atoms with Gasteiger partial charge < -0.3 is 31.6 Å². The lowest BCUT2D eigenvalue weighted by molar-refractivity contribution is 0.174. The van der Waals surface area contributed by atoms with Crippen LogP contribution in [-0.2, 0) is 0 Å². The molecule has 2 fully saturated rings. The third kappa shape index (κ3) is 5.33. The minimum atomic E-state index is 0.0864. The van der Waals surface area contributed by atoms with Crippen molar-refractivity contribution in [3.8, 4) is 43.6 Å². The third-order valence-corrected chi connectivity index (χ3v) is 11.7. The fourth-order valence-corrected chi connectivity index (χ4v) is 9.01. The van der Waals surface area contributed by atoms with Gasteiger partial charge in [0.1, 0.15) is 16.6 Å². The molecular formula is C38H37N11O2S. The summed E-state index contributed by atoms with van der Waals surface area (Å²) in [4.78, 5) is 16.8. The number of ether oxygens (including phenoxy) is 2. The van der Waals surface area contributed by atoms with E-state index in [0.717, 1.165) is 106 Å². The van der Waals surface area contributed by atoms with Crippen LogP contribution >= 0.6 is 11.3 Å². The maximum absolute atomic E-state index is 6.63. The molecule has 3 unspecified atom stereocenters. The lowest BCUT2D eigenvalue weighted by Crippen LogP contribution is -2.34. The molecule has 7 aromatic rings. The molecule has 0 spiro atoms. The highest BCUT2D eigenvalue weighted by molar-refractivity contribution is 7.18. The van der Waals surface area contributed by atoms with Crippen molar-refractivity contribution in [2.75, 3.05) is 44.4 Å². The molecule has 0 amide bonds. The fraction of sp³-hybridized carbons (Fsp3) is 0.289. The predicted molar refractivity (Wildman–Crippen MR) is 201 cm³/mol. The van der Waals surface area contributed by atoms with Crippen molar-refractivity contribution in [1.82, 2.24) is 44.8 Å². The van der Waals surface area contributed by atoms with Gasteiger partial charge in [-0.25, -0.2) is 15.0 Å². The van der Waals surface area contributed by atoms with Crippen molar-refractivity contribution >= 4 is 34.3 Å². The molecule has 14 heteroatoms. The summed E-state index contributed by atoms with van der Waals surface area (Å²) in [5.41, 5.74) is 21.5. The summed E-state index contributed by atoms with van der Waals surface area (Å²) in [5, 5.41) is 17.5. The van der Waals surface area contributed by atoms with E-state index in [2.05, 4.69) is 40.0 Å². The number of nitrogen functional groups attached to an aromatic ring is 2. The average Bonchev–Trinajstić information content (AvgIpc) is 4.01. The Kier molecular flexibility index (Phi) is 7.55. The van der Waals surface area contributed by atoms with Crippen LogP contribution in [0.3, 0.4) is 0 Å². The number of piperidine rings is 2. The first-order valence-corrected chi connectivity index (χ1v) is 18.6. The maximum Gasteiger partial charge on any atom is 0.231 e. The van der Waals surface area contributed by atoms with Crippen LogP contribution in [-0.4, -0.2) is 67.2 Å². The highest BCUT2D eigenvalue weighted by Gasteiger charge is 2.32. The molecule has 13 nitrogen and oxygen atoms in total. The van der Waals surface area contributed by atoms with Crippen molar-refractivity contribution in [1.29, 1.82) is 0 Å². The first kappa shape index (κ1) is 31.2. The Morgan fingerprint density at radius 3 is 2.21 bits per heavy atom. The Balaban J connectivity index is 1.04. The largest absolute Gasteiger partial charge is 0.454 e. The second kappa shape index (κ2) is 12.6. The van der Waals surface area contributed by atoms with Crippen LogP contribution in [0.15, 0.2) is 73.1 Å². The Morgan fingerprint density at radius 2 is 1.42 bits per heavy atom. The molecule has 0 radical (unpaired) electrons. The van der Waals surface area contributed by atoms with E-state index < -0.39 is 0 Å². The van der Waals surface area contributed by atoms with E-state index in [-0.39, 0.29) is 18.6 Å². The number of hydrogen-bond acceptors (Lipinski definition) is 12. The van der Waals surface area contributed by atoms with E-state index in [1.54, 1.807) is 20.4 Å². The van der Waals surface area contributed by atoms with Gasteiger partial charge in [0, 0.05) is 60.6 Å². The molecule has 262 valence electrons. The molecular weight excluding hydrogens is 675 g/mol. The van der Waals surface area contributed by atoms with E-state index in [1.807, 2.05) is 48.8 Å². The Labute approximate surface area is 303 Å². The van der Waals surface area contributed by atoms with Crippen LogP contribution < -0.4 is 31.6 Å². The van der Waals surface area contributed by atoms with Gasteiger partial charge in [0.25, 0.3) is 0 Å². The fourth-order valence-electron chi connectivity index (χ4n) is 7.84.